The van der Waals surface area contributed by atoms with Gasteiger partial charge in [-0.05, 0) is 41.8 Å². The summed E-state index contributed by atoms with van der Waals surface area (Å²) < 4.78 is 52.2. The summed E-state index contributed by atoms with van der Waals surface area (Å²) in [5.74, 6) is -1.32. The predicted octanol–water partition coefficient (Wildman–Crippen LogP) is 3.15. The molecule has 0 amide bonds. The van der Waals surface area contributed by atoms with Crippen molar-refractivity contribution in [2.24, 2.45) is 0 Å². The van der Waals surface area contributed by atoms with E-state index in [1.54, 1.807) is 18.2 Å². The normalized spacial score (nSPS) is 16.0. The molecule has 3 rings (SSSR count). The number of nitrogens with one attached hydrogen (secondary N) is 1. The summed E-state index contributed by atoms with van der Waals surface area (Å²) >= 11 is 5.94. The average Bonchev–Trinajstić information content (AvgIpc) is 2.79. The molecule has 1 aliphatic rings. The monoisotopic (exact) mass is 484 g/mol. The third kappa shape index (κ3) is 6.98. The second-order valence-electron chi connectivity index (χ2n) is 7.53. The zero-order chi connectivity index (χ0) is 23.1. The summed E-state index contributed by atoms with van der Waals surface area (Å²) in [6, 6.07) is 9.84. The van der Waals surface area contributed by atoms with Crippen LogP contribution in [0.5, 0.6) is 0 Å². The van der Waals surface area contributed by atoms with Crippen molar-refractivity contribution in [2.45, 2.75) is 18.2 Å². The lowest BCUT2D eigenvalue weighted by atomic mass is 10.0. The molecule has 7 nitrogen and oxygen atoms in total. The first kappa shape index (κ1) is 24.6. The first-order valence-corrected chi connectivity index (χ1v) is 12.2. The summed E-state index contributed by atoms with van der Waals surface area (Å²) in [7, 11) is -2.46. The maximum Gasteiger partial charge on any atom is 0.337 e. The maximum absolute atomic E-state index is 13.7. The van der Waals surface area contributed by atoms with Crippen LogP contribution in [0, 0.1) is 5.82 Å². The summed E-state index contributed by atoms with van der Waals surface area (Å²) in [4.78, 5) is 13.8. The molecule has 0 spiro atoms. The molecule has 1 fully saturated rings. The van der Waals surface area contributed by atoms with Gasteiger partial charge >= 0.3 is 5.97 Å². The van der Waals surface area contributed by atoms with E-state index in [-0.39, 0.29) is 10.8 Å². The molecule has 1 aliphatic heterocycles. The molecule has 1 atom stereocenters. The fourth-order valence-electron chi connectivity index (χ4n) is 3.49. The number of esters is 1. The number of morpholine rings is 1. The van der Waals surface area contributed by atoms with Crippen LogP contribution in [-0.4, -0.2) is 59.2 Å². The molecule has 1 heterocycles. The smallest absolute Gasteiger partial charge is 0.337 e. The van der Waals surface area contributed by atoms with Gasteiger partial charge in [-0.1, -0.05) is 29.8 Å². The highest BCUT2D eigenvalue weighted by Crippen LogP contribution is 2.25. The maximum atomic E-state index is 13.7. The lowest BCUT2D eigenvalue weighted by Gasteiger charge is -2.28. The van der Waals surface area contributed by atoms with E-state index in [1.165, 1.54) is 31.4 Å². The van der Waals surface area contributed by atoms with E-state index < -0.39 is 27.9 Å². The van der Waals surface area contributed by atoms with Crippen molar-refractivity contribution in [1.29, 1.82) is 0 Å². The molecule has 174 valence electrons. The SMILES string of the molecule is COC(=O)c1ccc(CS(=O)(=O)NC(CCN2CCOCC2)c2ccc(F)c(Cl)c2)cc1. The van der Waals surface area contributed by atoms with Crippen LogP contribution in [0.25, 0.3) is 0 Å². The van der Waals surface area contributed by atoms with Crippen molar-refractivity contribution in [3.05, 3.63) is 70.0 Å². The van der Waals surface area contributed by atoms with Gasteiger partial charge in [-0.2, -0.15) is 0 Å². The molecular weight excluding hydrogens is 459 g/mol. The van der Waals surface area contributed by atoms with Crippen LogP contribution in [0.15, 0.2) is 42.5 Å². The molecule has 0 radical (unpaired) electrons. The molecule has 1 N–H and O–H groups in total. The number of ether oxygens (including phenoxy) is 2. The minimum absolute atomic E-state index is 0.0588. The Morgan fingerprint density at radius 2 is 1.91 bits per heavy atom. The van der Waals surface area contributed by atoms with E-state index in [4.69, 9.17) is 16.3 Å². The Bertz CT molecular complexity index is 1030. The fraction of sp³-hybridized carbons (Fsp3) is 0.409. The van der Waals surface area contributed by atoms with Crippen LogP contribution in [0.1, 0.15) is 33.9 Å². The Kier molecular flexibility index (Phi) is 8.61. The predicted molar refractivity (Wildman–Crippen MR) is 120 cm³/mol. The summed E-state index contributed by atoms with van der Waals surface area (Å²) in [5, 5.41) is -0.0588. The number of halogens is 2. The summed E-state index contributed by atoms with van der Waals surface area (Å²) in [5.41, 5.74) is 1.45. The van der Waals surface area contributed by atoms with Crippen LogP contribution in [0.2, 0.25) is 5.02 Å². The number of sulfonamides is 1. The minimum atomic E-state index is -3.74. The highest BCUT2D eigenvalue weighted by atomic mass is 35.5. The van der Waals surface area contributed by atoms with Gasteiger partial charge in [0.05, 0.1) is 36.7 Å². The molecule has 2 aromatic rings. The van der Waals surface area contributed by atoms with Gasteiger partial charge in [0.1, 0.15) is 5.82 Å². The van der Waals surface area contributed by atoms with Crippen LogP contribution in [0.3, 0.4) is 0 Å². The van der Waals surface area contributed by atoms with Gasteiger partial charge < -0.3 is 9.47 Å². The van der Waals surface area contributed by atoms with Gasteiger partial charge in [-0.25, -0.2) is 22.3 Å². The highest BCUT2D eigenvalue weighted by Gasteiger charge is 2.23. The number of carbonyl (C=O) groups excluding carboxylic acids is 1. The quantitative estimate of drug-likeness (QED) is 0.550. The second kappa shape index (κ2) is 11.2. The summed E-state index contributed by atoms with van der Waals surface area (Å²) in [6.45, 7) is 3.48. The first-order chi connectivity index (χ1) is 15.3. The molecule has 0 aromatic heterocycles. The third-order valence-corrected chi connectivity index (χ3v) is 6.88. The number of methoxy groups -OCH3 is 1. The van der Waals surface area contributed by atoms with Crippen molar-refractivity contribution in [1.82, 2.24) is 9.62 Å². The van der Waals surface area contributed by atoms with E-state index >= 15 is 0 Å². The van der Waals surface area contributed by atoms with Gasteiger partial charge in [-0.15, -0.1) is 0 Å². The van der Waals surface area contributed by atoms with Gasteiger partial charge in [0.15, 0.2) is 0 Å². The lowest BCUT2D eigenvalue weighted by molar-refractivity contribution is 0.0364. The van der Waals surface area contributed by atoms with Crippen LogP contribution >= 0.6 is 11.6 Å². The molecule has 1 saturated heterocycles. The van der Waals surface area contributed by atoms with E-state index in [0.29, 0.717) is 42.9 Å². The first-order valence-electron chi connectivity index (χ1n) is 10.2. The Hall–Kier alpha value is -2.04. The molecule has 0 aliphatic carbocycles. The van der Waals surface area contributed by atoms with Crippen LogP contribution in [0.4, 0.5) is 4.39 Å². The molecule has 1 unspecified atom stereocenters. The van der Waals surface area contributed by atoms with Crippen LogP contribution < -0.4 is 4.72 Å². The highest BCUT2D eigenvalue weighted by molar-refractivity contribution is 7.88. The molecule has 2 aromatic carbocycles. The number of hydrogen-bond donors (Lipinski definition) is 1. The summed E-state index contributed by atoms with van der Waals surface area (Å²) in [6.07, 6.45) is 0.489. The fourth-order valence-corrected chi connectivity index (χ4v) is 5.08. The Labute approximate surface area is 192 Å². The van der Waals surface area contributed by atoms with Crippen molar-refractivity contribution in [3.8, 4) is 0 Å². The number of carbonyl (C=O) groups is 1. The van der Waals surface area contributed by atoms with Crippen molar-refractivity contribution in [2.75, 3.05) is 40.0 Å². The van der Waals surface area contributed by atoms with E-state index in [9.17, 15) is 17.6 Å². The Balaban J connectivity index is 1.74. The zero-order valence-electron chi connectivity index (χ0n) is 17.7. The third-order valence-electron chi connectivity index (χ3n) is 5.24. The Morgan fingerprint density at radius 1 is 1.22 bits per heavy atom. The van der Waals surface area contributed by atoms with Gasteiger partial charge in [-0.3, -0.25) is 4.90 Å². The lowest BCUT2D eigenvalue weighted by Crippen LogP contribution is -2.39. The van der Waals surface area contributed by atoms with Crippen molar-refractivity contribution < 1.29 is 27.1 Å². The average molecular weight is 485 g/mol. The zero-order valence-corrected chi connectivity index (χ0v) is 19.3. The second-order valence-corrected chi connectivity index (χ2v) is 9.70. The van der Waals surface area contributed by atoms with Crippen molar-refractivity contribution >= 4 is 27.6 Å². The number of hydrogen-bond acceptors (Lipinski definition) is 6. The largest absolute Gasteiger partial charge is 0.465 e. The standard InChI is InChI=1S/C22H26ClFN2O5S/c1-30-22(27)17-4-2-16(3-5-17)15-32(28,29)25-21(8-9-26-10-12-31-13-11-26)18-6-7-20(24)19(23)14-18/h2-7,14,21,25H,8-13,15H2,1H3. The molecule has 32 heavy (non-hydrogen) atoms. The minimum Gasteiger partial charge on any atom is -0.465 e. The topological polar surface area (TPSA) is 84.9 Å². The molecular formula is C22H26ClFN2O5S. The molecule has 10 heteroatoms. The van der Waals surface area contributed by atoms with Gasteiger partial charge in [0.25, 0.3) is 0 Å². The number of benzene rings is 2. The Morgan fingerprint density at radius 3 is 2.53 bits per heavy atom. The molecule has 0 saturated carbocycles. The van der Waals surface area contributed by atoms with E-state index in [1.807, 2.05) is 0 Å². The van der Waals surface area contributed by atoms with E-state index in [2.05, 4.69) is 14.4 Å². The molecule has 0 bridgehead atoms. The van der Waals surface area contributed by atoms with Gasteiger partial charge in [0, 0.05) is 25.7 Å². The van der Waals surface area contributed by atoms with Crippen molar-refractivity contribution in [3.63, 3.8) is 0 Å². The number of nitrogens with zero attached hydrogens (tertiary/aromatic N) is 1. The van der Waals surface area contributed by atoms with Gasteiger partial charge in [0.2, 0.25) is 10.0 Å². The van der Waals surface area contributed by atoms with Crippen LogP contribution in [-0.2, 0) is 25.2 Å². The van der Waals surface area contributed by atoms with E-state index in [0.717, 1.165) is 13.1 Å². The number of rotatable bonds is 9.